The third-order valence-corrected chi connectivity index (χ3v) is 5.58. The van der Waals surface area contributed by atoms with Crippen LogP contribution in [0.25, 0.3) is 0 Å². The molecule has 0 radical (unpaired) electrons. The number of nitrogens with one attached hydrogen (secondary N) is 3. The quantitative estimate of drug-likeness (QED) is 0.268. The molecule has 3 rings (SSSR count). The zero-order chi connectivity index (χ0) is 29.4. The second kappa shape index (κ2) is 13.0. The Morgan fingerprint density at radius 1 is 1.20 bits per heavy atom. The van der Waals surface area contributed by atoms with Crippen molar-refractivity contribution in [1.82, 2.24) is 15.2 Å². The first-order valence-corrected chi connectivity index (χ1v) is 12.7. The molecule has 40 heavy (non-hydrogen) atoms. The van der Waals surface area contributed by atoms with Gasteiger partial charge in [-0.05, 0) is 32.3 Å². The Bertz CT molecular complexity index is 1340. The number of aromatic amines is 1. The normalized spacial score (nSPS) is 14.8. The number of aliphatic hydroxyl groups is 1. The molecule has 13 heteroatoms. The Labute approximate surface area is 231 Å². The van der Waals surface area contributed by atoms with Crippen LogP contribution in [0.4, 0.5) is 11.6 Å². The van der Waals surface area contributed by atoms with E-state index in [0.29, 0.717) is 22.8 Å². The van der Waals surface area contributed by atoms with Gasteiger partial charge in [-0.1, -0.05) is 20.8 Å². The van der Waals surface area contributed by atoms with Gasteiger partial charge in [0.05, 0.1) is 18.8 Å². The predicted octanol–water partition coefficient (Wildman–Crippen LogP) is 2.57. The number of nitrogens with zero attached hydrogens (tertiary/aromatic N) is 2. The van der Waals surface area contributed by atoms with Crippen LogP contribution in [0.2, 0.25) is 0 Å². The number of amides is 2. The Morgan fingerprint density at radius 3 is 2.60 bits per heavy atom. The number of esters is 2. The fourth-order valence-electron chi connectivity index (χ4n) is 3.43. The van der Waals surface area contributed by atoms with Gasteiger partial charge in [0, 0.05) is 29.5 Å². The molecule has 214 valence electrons. The highest BCUT2D eigenvalue weighted by molar-refractivity contribution is 5.95. The Kier molecular flexibility index (Phi) is 9.73. The van der Waals surface area contributed by atoms with Crippen LogP contribution in [0.5, 0.6) is 0 Å². The second-order valence-electron chi connectivity index (χ2n) is 9.77. The first-order chi connectivity index (χ1) is 18.9. The summed E-state index contributed by atoms with van der Waals surface area (Å²) in [6, 6.07) is 4.61. The van der Waals surface area contributed by atoms with Crippen LogP contribution < -0.4 is 10.6 Å². The maximum Gasteiger partial charge on any atom is 0.328 e. The molecule has 0 saturated carbocycles. The summed E-state index contributed by atoms with van der Waals surface area (Å²) < 4.78 is 15.2. The minimum absolute atomic E-state index is 0.00823. The molecule has 0 aromatic carbocycles. The highest BCUT2D eigenvalue weighted by Crippen LogP contribution is 2.33. The van der Waals surface area contributed by atoms with Crippen molar-refractivity contribution in [3.05, 3.63) is 35.3 Å². The lowest BCUT2D eigenvalue weighted by Crippen LogP contribution is -2.42. The second-order valence-corrected chi connectivity index (χ2v) is 9.77. The van der Waals surface area contributed by atoms with Gasteiger partial charge in [0.15, 0.2) is 12.0 Å². The summed E-state index contributed by atoms with van der Waals surface area (Å²) in [7, 11) is 0. The Balaban J connectivity index is 1.65. The average Bonchev–Trinajstić information content (AvgIpc) is 3.53. The van der Waals surface area contributed by atoms with E-state index in [2.05, 4.69) is 32.6 Å². The first kappa shape index (κ1) is 30.0. The van der Waals surface area contributed by atoms with Crippen molar-refractivity contribution in [2.24, 2.45) is 10.4 Å². The topological polar surface area (TPSA) is 176 Å². The number of anilines is 1. The number of rotatable bonds is 9. The number of aliphatic imine (C=N–C) groups is 1. The molecule has 1 unspecified atom stereocenters. The fraction of sp³-hybridized carbons (Fsp3) is 0.444. The van der Waals surface area contributed by atoms with Crippen molar-refractivity contribution < 1.29 is 38.2 Å². The van der Waals surface area contributed by atoms with E-state index in [0.717, 1.165) is 0 Å². The maximum atomic E-state index is 12.7. The van der Waals surface area contributed by atoms with Crippen LogP contribution in [0.1, 0.15) is 75.4 Å². The summed E-state index contributed by atoms with van der Waals surface area (Å²) >= 11 is 0. The lowest BCUT2D eigenvalue weighted by atomic mass is 9.96. The number of carbonyl (C=O) groups excluding carboxylic acids is 4. The van der Waals surface area contributed by atoms with Gasteiger partial charge in [0.1, 0.15) is 30.3 Å². The summed E-state index contributed by atoms with van der Waals surface area (Å²) in [5.74, 6) is 1.36. The molecule has 1 aliphatic rings. The highest BCUT2D eigenvalue weighted by atomic mass is 16.5. The molecule has 2 amide bonds. The van der Waals surface area contributed by atoms with Gasteiger partial charge in [-0.15, -0.1) is 0 Å². The molecular formula is C27H33N5O8. The Morgan fingerprint density at radius 2 is 1.93 bits per heavy atom. The number of furan rings is 1. The van der Waals surface area contributed by atoms with Crippen molar-refractivity contribution in [3.8, 4) is 12.0 Å². The lowest BCUT2D eigenvalue weighted by Gasteiger charge is -2.22. The van der Waals surface area contributed by atoms with Gasteiger partial charge in [0.25, 0.3) is 5.91 Å². The number of aromatic nitrogens is 1. The summed E-state index contributed by atoms with van der Waals surface area (Å²) in [5.41, 5.74) is 0.136. The van der Waals surface area contributed by atoms with Crippen LogP contribution in [-0.4, -0.2) is 64.3 Å². The first-order valence-electron chi connectivity index (χ1n) is 12.7. The molecule has 3 heterocycles. The van der Waals surface area contributed by atoms with E-state index >= 15 is 0 Å². The van der Waals surface area contributed by atoms with E-state index in [1.807, 2.05) is 0 Å². The summed E-state index contributed by atoms with van der Waals surface area (Å²) in [6.45, 7) is 8.96. The summed E-state index contributed by atoms with van der Waals surface area (Å²) in [6.07, 6.45) is 1.31. The van der Waals surface area contributed by atoms with Gasteiger partial charge in [-0.25, -0.2) is 9.79 Å². The monoisotopic (exact) mass is 555 g/mol. The molecule has 2 atom stereocenters. The van der Waals surface area contributed by atoms with E-state index in [4.69, 9.17) is 13.9 Å². The van der Waals surface area contributed by atoms with Crippen molar-refractivity contribution in [3.63, 3.8) is 0 Å². The van der Waals surface area contributed by atoms with Crippen molar-refractivity contribution in [2.75, 3.05) is 18.5 Å². The number of hydrogen-bond donors (Lipinski definition) is 4. The third-order valence-electron chi connectivity index (χ3n) is 5.58. The van der Waals surface area contributed by atoms with E-state index in [9.17, 15) is 24.3 Å². The van der Waals surface area contributed by atoms with Crippen molar-refractivity contribution in [1.29, 1.82) is 0 Å². The molecule has 4 N–H and O–H groups in total. The van der Waals surface area contributed by atoms with Crippen LogP contribution in [0.3, 0.4) is 0 Å². The fourth-order valence-corrected chi connectivity index (χ4v) is 3.43. The molecule has 13 nitrogen and oxygen atoms in total. The zero-order valence-corrected chi connectivity index (χ0v) is 23.0. The van der Waals surface area contributed by atoms with Crippen LogP contribution in [-0.2, 0) is 23.9 Å². The zero-order valence-electron chi connectivity index (χ0n) is 23.0. The summed E-state index contributed by atoms with van der Waals surface area (Å²) in [4.78, 5) is 57.4. The molecule has 0 fully saturated rings. The number of carbonyl (C=O) groups is 4. The van der Waals surface area contributed by atoms with Gasteiger partial charge < -0.3 is 34.6 Å². The number of hydrogen-bond acceptors (Lipinski definition) is 10. The summed E-state index contributed by atoms with van der Waals surface area (Å²) in [5, 5.41) is 16.0. The van der Waals surface area contributed by atoms with Gasteiger partial charge >= 0.3 is 11.9 Å². The van der Waals surface area contributed by atoms with Crippen LogP contribution >= 0.6 is 0 Å². The molecule has 0 bridgehead atoms. The van der Waals surface area contributed by atoms with Crippen molar-refractivity contribution >= 4 is 41.7 Å². The minimum Gasteiger partial charge on any atom is -0.466 e. The average molecular weight is 556 g/mol. The molecular weight excluding hydrogens is 522 g/mol. The largest absolute Gasteiger partial charge is 0.466 e. The molecule has 0 spiro atoms. The van der Waals surface area contributed by atoms with E-state index < -0.39 is 35.5 Å². The molecule has 1 aliphatic heterocycles. The molecule has 2 aromatic rings. The smallest absolute Gasteiger partial charge is 0.328 e. The predicted molar refractivity (Wildman–Crippen MR) is 143 cm³/mol. The van der Waals surface area contributed by atoms with Crippen LogP contribution in [0, 0.1) is 17.4 Å². The van der Waals surface area contributed by atoms with E-state index in [1.54, 1.807) is 40.7 Å². The number of ether oxygens (including phenoxy) is 2. The minimum atomic E-state index is -1.17. The SMILES string of the molecule is CCOC(=O)CC[C@@H](NC(=O)c1cc(C#CN2C=Nc3[nH]c(NC(=O)C(C)(C)C)cc3C2O)co1)C(=O)OCC. The van der Waals surface area contributed by atoms with Gasteiger partial charge in [-0.3, -0.25) is 19.3 Å². The maximum absolute atomic E-state index is 12.7. The molecule has 2 aromatic heterocycles. The van der Waals surface area contributed by atoms with Gasteiger partial charge in [-0.2, -0.15) is 0 Å². The lowest BCUT2D eigenvalue weighted by molar-refractivity contribution is -0.146. The number of H-pyrrole nitrogens is 1. The van der Waals surface area contributed by atoms with E-state index in [-0.39, 0.29) is 37.7 Å². The Hall–Kier alpha value is -4.57. The molecule has 0 saturated heterocycles. The molecule has 0 aliphatic carbocycles. The number of aliphatic hydroxyl groups excluding tert-OH is 1. The van der Waals surface area contributed by atoms with E-state index in [1.165, 1.54) is 23.6 Å². The van der Waals surface area contributed by atoms with Gasteiger partial charge in [0.2, 0.25) is 5.91 Å². The highest BCUT2D eigenvalue weighted by Gasteiger charge is 2.27. The number of fused-ring (bicyclic) bond motifs is 1. The van der Waals surface area contributed by atoms with Crippen LogP contribution in [0.15, 0.2) is 27.8 Å². The third kappa shape index (κ3) is 7.73. The standard InChI is InChI=1S/C27H33N5O8/c1-6-38-21(33)9-8-18(25(36)39-7-2)29-23(34)19-12-16(14-40-19)10-11-32-15-28-22-17(24(32)35)13-20(30-22)31-26(37)27(3,4)5/h12-15,18,24,30,35H,6-9H2,1-5H3,(H,29,34)(H,31,37)/t18-,24?/m1/s1. The van der Waals surface area contributed by atoms with Crippen molar-refractivity contribution in [2.45, 2.75) is 59.7 Å².